The Morgan fingerprint density at radius 2 is 1.78 bits per heavy atom. The number of nitrogens with one attached hydrogen (secondary N) is 1. The van der Waals surface area contributed by atoms with Gasteiger partial charge in [-0.15, -0.1) is 10.2 Å². The second-order valence-electron chi connectivity index (χ2n) is 7.60. The number of carbonyl (C=O) groups is 1. The molecule has 4 rings (SSSR count). The standard InChI is InChI=1S/C27H23Cl2N5O2S/c1-2-36-24-14-12-23(13-15-24)34-26(20-8-10-21(28)11-9-20)32-33-27(34)37-18-25(35)31-30-17-22(29)16-19-6-4-3-5-7-19/h3-17H,2,18H2,1H3,(H,31,35). The highest BCUT2D eigenvalue weighted by Crippen LogP contribution is 2.29. The zero-order valence-electron chi connectivity index (χ0n) is 19.8. The summed E-state index contributed by atoms with van der Waals surface area (Å²) in [7, 11) is 0. The third-order valence-electron chi connectivity index (χ3n) is 4.96. The smallest absolute Gasteiger partial charge is 0.250 e. The van der Waals surface area contributed by atoms with Crippen LogP contribution in [0.2, 0.25) is 5.02 Å². The molecule has 0 aliphatic carbocycles. The number of benzene rings is 3. The minimum atomic E-state index is -0.306. The number of aromatic nitrogens is 3. The van der Waals surface area contributed by atoms with Crippen molar-refractivity contribution in [1.29, 1.82) is 0 Å². The van der Waals surface area contributed by atoms with Crippen molar-refractivity contribution in [3.63, 3.8) is 0 Å². The maximum atomic E-state index is 12.4. The molecule has 37 heavy (non-hydrogen) atoms. The van der Waals surface area contributed by atoms with Gasteiger partial charge in [-0.1, -0.05) is 65.3 Å². The minimum Gasteiger partial charge on any atom is -0.494 e. The average Bonchev–Trinajstić information content (AvgIpc) is 3.33. The van der Waals surface area contributed by atoms with Crippen LogP contribution in [-0.4, -0.2) is 39.2 Å². The summed E-state index contributed by atoms with van der Waals surface area (Å²) in [6.07, 6.45) is 3.14. The van der Waals surface area contributed by atoms with E-state index < -0.39 is 0 Å². The highest BCUT2D eigenvalue weighted by atomic mass is 35.5. The van der Waals surface area contributed by atoms with Crippen molar-refractivity contribution in [2.24, 2.45) is 5.10 Å². The fraction of sp³-hybridized carbons (Fsp3) is 0.111. The number of amides is 1. The van der Waals surface area contributed by atoms with Gasteiger partial charge in [0.2, 0.25) is 0 Å². The van der Waals surface area contributed by atoms with E-state index in [1.54, 1.807) is 18.2 Å². The van der Waals surface area contributed by atoms with E-state index in [0.717, 1.165) is 22.6 Å². The molecule has 0 radical (unpaired) electrons. The van der Waals surface area contributed by atoms with Gasteiger partial charge in [0.1, 0.15) is 5.75 Å². The van der Waals surface area contributed by atoms with Gasteiger partial charge in [0, 0.05) is 16.3 Å². The molecule has 0 aliphatic rings. The van der Waals surface area contributed by atoms with Gasteiger partial charge in [-0.05, 0) is 67.1 Å². The predicted octanol–water partition coefficient (Wildman–Crippen LogP) is 6.46. The third-order valence-corrected chi connectivity index (χ3v) is 6.34. The first kappa shape index (κ1) is 26.5. The van der Waals surface area contributed by atoms with Gasteiger partial charge in [-0.2, -0.15) is 5.10 Å². The summed E-state index contributed by atoms with van der Waals surface area (Å²) >= 11 is 13.5. The molecule has 1 amide bonds. The first-order valence-corrected chi connectivity index (χ1v) is 13.1. The quantitative estimate of drug-likeness (QED) is 0.139. The Hall–Kier alpha value is -3.59. The molecule has 0 bridgehead atoms. The van der Waals surface area contributed by atoms with Crippen LogP contribution < -0.4 is 10.2 Å². The Kier molecular flexibility index (Phi) is 9.37. The average molecular weight is 552 g/mol. The zero-order chi connectivity index (χ0) is 26.0. The summed E-state index contributed by atoms with van der Waals surface area (Å²) in [6.45, 7) is 2.51. The van der Waals surface area contributed by atoms with Gasteiger partial charge in [0.25, 0.3) is 5.91 Å². The highest BCUT2D eigenvalue weighted by Gasteiger charge is 2.17. The van der Waals surface area contributed by atoms with Crippen LogP contribution in [0.1, 0.15) is 12.5 Å². The fourth-order valence-corrected chi connectivity index (χ4v) is 4.36. The van der Waals surface area contributed by atoms with Gasteiger partial charge in [-0.25, -0.2) is 5.43 Å². The van der Waals surface area contributed by atoms with Crippen molar-refractivity contribution in [2.75, 3.05) is 12.4 Å². The van der Waals surface area contributed by atoms with E-state index >= 15 is 0 Å². The van der Waals surface area contributed by atoms with E-state index in [2.05, 4.69) is 20.7 Å². The molecule has 10 heteroatoms. The largest absolute Gasteiger partial charge is 0.494 e. The molecule has 4 aromatic rings. The molecule has 0 unspecified atom stereocenters. The van der Waals surface area contributed by atoms with Crippen LogP contribution in [0.4, 0.5) is 0 Å². The number of ether oxygens (including phenoxy) is 1. The van der Waals surface area contributed by atoms with E-state index in [0.29, 0.717) is 27.6 Å². The van der Waals surface area contributed by atoms with E-state index in [1.165, 1.54) is 18.0 Å². The van der Waals surface area contributed by atoms with Crippen LogP contribution in [-0.2, 0) is 4.79 Å². The lowest BCUT2D eigenvalue weighted by molar-refractivity contribution is -0.118. The van der Waals surface area contributed by atoms with Crippen LogP contribution >= 0.6 is 35.0 Å². The second-order valence-corrected chi connectivity index (χ2v) is 9.41. The first-order valence-electron chi connectivity index (χ1n) is 11.3. The number of hydrogen-bond donors (Lipinski definition) is 1. The molecule has 0 atom stereocenters. The molecular weight excluding hydrogens is 529 g/mol. The molecule has 0 saturated carbocycles. The number of allylic oxidation sites excluding steroid dienone is 1. The molecule has 0 fully saturated rings. The Bertz CT molecular complexity index is 1390. The summed E-state index contributed by atoms with van der Waals surface area (Å²) in [5.74, 6) is 1.16. The summed E-state index contributed by atoms with van der Waals surface area (Å²) in [4.78, 5) is 12.4. The lowest BCUT2D eigenvalue weighted by atomic mass is 10.2. The summed E-state index contributed by atoms with van der Waals surface area (Å²) in [5, 5.41) is 14.2. The number of rotatable bonds is 10. The Balaban J connectivity index is 1.48. The monoisotopic (exact) mass is 551 g/mol. The highest BCUT2D eigenvalue weighted by molar-refractivity contribution is 7.99. The Morgan fingerprint density at radius 3 is 2.49 bits per heavy atom. The molecular formula is C27H23Cl2N5O2S. The SMILES string of the molecule is CCOc1ccc(-n2c(SCC(=O)NN=CC(Cl)=Cc3ccccc3)nnc2-c2ccc(Cl)cc2)cc1. The number of hydrogen-bond acceptors (Lipinski definition) is 6. The molecule has 0 spiro atoms. The number of thioether (sulfide) groups is 1. The van der Waals surface area contributed by atoms with Gasteiger partial charge >= 0.3 is 0 Å². The van der Waals surface area contributed by atoms with Crippen molar-refractivity contribution in [2.45, 2.75) is 12.1 Å². The molecule has 1 aromatic heterocycles. The number of carbonyl (C=O) groups excluding carboxylic acids is 1. The number of nitrogens with zero attached hydrogens (tertiary/aromatic N) is 4. The molecule has 0 saturated heterocycles. The molecule has 7 nitrogen and oxygen atoms in total. The zero-order valence-corrected chi connectivity index (χ0v) is 22.2. The van der Waals surface area contributed by atoms with E-state index in [4.69, 9.17) is 27.9 Å². The lowest BCUT2D eigenvalue weighted by Crippen LogP contribution is -2.19. The van der Waals surface area contributed by atoms with Crippen molar-refractivity contribution < 1.29 is 9.53 Å². The summed E-state index contributed by atoms with van der Waals surface area (Å²) < 4.78 is 7.45. The Labute approximate surface area is 229 Å². The van der Waals surface area contributed by atoms with Gasteiger partial charge < -0.3 is 4.74 Å². The molecule has 188 valence electrons. The lowest BCUT2D eigenvalue weighted by Gasteiger charge is -2.11. The van der Waals surface area contributed by atoms with E-state index in [-0.39, 0.29) is 11.7 Å². The van der Waals surface area contributed by atoms with E-state index in [9.17, 15) is 4.79 Å². The molecule has 1 heterocycles. The predicted molar refractivity (Wildman–Crippen MR) is 151 cm³/mol. The Morgan fingerprint density at radius 1 is 1.05 bits per heavy atom. The van der Waals surface area contributed by atoms with Crippen LogP contribution in [0, 0.1) is 0 Å². The number of hydrazone groups is 1. The minimum absolute atomic E-state index is 0.0765. The van der Waals surface area contributed by atoms with Gasteiger partial charge in [-0.3, -0.25) is 9.36 Å². The molecule has 3 aromatic carbocycles. The maximum absolute atomic E-state index is 12.4. The maximum Gasteiger partial charge on any atom is 0.250 e. The van der Waals surface area contributed by atoms with Crippen molar-refractivity contribution >= 4 is 53.2 Å². The van der Waals surface area contributed by atoms with Gasteiger partial charge in [0.15, 0.2) is 11.0 Å². The molecule has 0 aliphatic heterocycles. The van der Waals surface area contributed by atoms with Crippen molar-refractivity contribution in [3.8, 4) is 22.8 Å². The summed E-state index contributed by atoms with van der Waals surface area (Å²) in [6, 6.07) is 24.5. The number of halogens is 2. The van der Waals surface area contributed by atoms with Crippen LogP contribution in [0.3, 0.4) is 0 Å². The van der Waals surface area contributed by atoms with Gasteiger partial charge in [0.05, 0.1) is 23.6 Å². The fourth-order valence-electron chi connectivity index (χ4n) is 3.31. The van der Waals surface area contributed by atoms with Crippen molar-refractivity contribution in [3.05, 3.63) is 94.5 Å². The van der Waals surface area contributed by atoms with Crippen LogP contribution in [0.5, 0.6) is 5.75 Å². The normalized spacial score (nSPS) is 11.6. The van der Waals surface area contributed by atoms with Crippen molar-refractivity contribution in [1.82, 2.24) is 20.2 Å². The van der Waals surface area contributed by atoms with E-state index in [1.807, 2.05) is 78.2 Å². The molecule has 1 N–H and O–H groups in total. The topological polar surface area (TPSA) is 81.4 Å². The third kappa shape index (κ3) is 7.45. The van der Waals surface area contributed by atoms with Crippen LogP contribution in [0.15, 0.2) is 94.2 Å². The summed E-state index contributed by atoms with van der Waals surface area (Å²) in [5.41, 5.74) is 5.10. The van der Waals surface area contributed by atoms with Crippen LogP contribution in [0.25, 0.3) is 23.2 Å². The second kappa shape index (κ2) is 13.1. The first-order chi connectivity index (χ1) is 18.0.